The third-order valence-corrected chi connectivity index (χ3v) is 3.55. The number of allylic oxidation sites excluding steroid dienone is 2. The Labute approximate surface area is 126 Å². The van der Waals surface area contributed by atoms with Gasteiger partial charge in [-0.25, -0.2) is 9.36 Å². The summed E-state index contributed by atoms with van der Waals surface area (Å²) in [5.41, 5.74) is 0.232. The monoisotopic (exact) mass is 290 g/mol. The first-order valence-electron chi connectivity index (χ1n) is 7.03. The van der Waals surface area contributed by atoms with Gasteiger partial charge in [-0.15, -0.1) is 0 Å². The van der Waals surface area contributed by atoms with E-state index in [9.17, 15) is 9.59 Å². The van der Waals surface area contributed by atoms with Crippen LogP contribution >= 0.6 is 0 Å². The molecule has 0 radical (unpaired) electrons. The number of rotatable bonds is 2. The lowest BCUT2D eigenvalue weighted by molar-refractivity contribution is 0.513. The summed E-state index contributed by atoms with van der Waals surface area (Å²) in [5.74, 6) is 0. The van der Waals surface area contributed by atoms with Crippen LogP contribution in [0.15, 0.2) is 28.9 Å². The van der Waals surface area contributed by atoms with Gasteiger partial charge in [0.05, 0.1) is 0 Å². The Hall–Kier alpha value is -1.84. The van der Waals surface area contributed by atoms with Crippen molar-refractivity contribution >= 4 is 11.4 Å². The summed E-state index contributed by atoms with van der Waals surface area (Å²) in [6.07, 6.45) is 1.56. The van der Waals surface area contributed by atoms with E-state index in [0.29, 0.717) is 17.0 Å². The van der Waals surface area contributed by atoms with Gasteiger partial charge < -0.3 is 0 Å². The molecule has 0 aliphatic carbocycles. The zero-order chi connectivity index (χ0) is 16.7. The van der Waals surface area contributed by atoms with Crippen LogP contribution in [-0.2, 0) is 0 Å². The van der Waals surface area contributed by atoms with Crippen LogP contribution in [0.1, 0.15) is 47.1 Å². The van der Waals surface area contributed by atoms with E-state index in [1.54, 1.807) is 13.1 Å². The van der Waals surface area contributed by atoms with Crippen LogP contribution < -0.4 is 11.2 Å². The van der Waals surface area contributed by atoms with E-state index in [0.717, 1.165) is 4.57 Å². The zero-order valence-corrected chi connectivity index (χ0v) is 14.2. The summed E-state index contributed by atoms with van der Waals surface area (Å²) >= 11 is 0. The molecule has 116 valence electrons. The zero-order valence-electron chi connectivity index (χ0n) is 14.2. The molecule has 1 aromatic heterocycles. The third kappa shape index (κ3) is 3.26. The molecule has 0 fully saturated rings. The lowest BCUT2D eigenvalue weighted by Gasteiger charge is -2.27. The smallest absolute Gasteiger partial charge is 0.272 e. The molecule has 0 saturated heterocycles. The molecule has 0 atom stereocenters. The van der Waals surface area contributed by atoms with Crippen molar-refractivity contribution in [2.45, 2.75) is 48.5 Å². The topological polar surface area (TPSA) is 44.0 Å². The van der Waals surface area contributed by atoms with Gasteiger partial charge in [0.25, 0.3) is 5.56 Å². The Morgan fingerprint density at radius 1 is 0.952 bits per heavy atom. The first-order valence-corrected chi connectivity index (χ1v) is 7.03. The number of nitrogens with zero attached hydrogens (tertiary/aromatic N) is 2. The maximum atomic E-state index is 12.7. The van der Waals surface area contributed by atoms with Gasteiger partial charge in [0.15, 0.2) is 0 Å². The molecule has 21 heavy (non-hydrogen) atoms. The molecule has 1 rings (SSSR count). The second kappa shape index (κ2) is 5.17. The summed E-state index contributed by atoms with van der Waals surface area (Å²) in [5, 5.41) is 0. The molecule has 0 saturated carbocycles. The van der Waals surface area contributed by atoms with Gasteiger partial charge in [0, 0.05) is 34.0 Å². The minimum Gasteiger partial charge on any atom is -0.272 e. The van der Waals surface area contributed by atoms with Crippen molar-refractivity contribution in [3.05, 3.63) is 45.8 Å². The van der Waals surface area contributed by atoms with Crippen molar-refractivity contribution in [1.29, 1.82) is 0 Å². The molecule has 0 N–H and O–H groups in total. The van der Waals surface area contributed by atoms with Crippen LogP contribution in [0.25, 0.3) is 11.4 Å². The second-order valence-corrected chi connectivity index (χ2v) is 7.50. The van der Waals surface area contributed by atoms with Gasteiger partial charge in [-0.05, 0) is 6.92 Å². The molecule has 4 nitrogen and oxygen atoms in total. The fourth-order valence-electron chi connectivity index (χ4n) is 1.80. The average molecular weight is 290 g/mol. The van der Waals surface area contributed by atoms with Gasteiger partial charge in [0.1, 0.15) is 0 Å². The van der Waals surface area contributed by atoms with Crippen LogP contribution in [0.2, 0.25) is 0 Å². The maximum Gasteiger partial charge on any atom is 0.339 e. The maximum absolute atomic E-state index is 12.7. The predicted octanol–water partition coefficient (Wildman–Crippen LogP) is 3.35. The molecule has 0 amide bonds. The minimum absolute atomic E-state index is 0.276. The Morgan fingerprint density at radius 2 is 1.38 bits per heavy atom. The van der Waals surface area contributed by atoms with E-state index in [4.69, 9.17) is 0 Å². The Balaban J connectivity index is 3.75. The molecular weight excluding hydrogens is 264 g/mol. The molecule has 0 aromatic carbocycles. The second-order valence-electron chi connectivity index (χ2n) is 7.50. The molecule has 0 unspecified atom stereocenters. The van der Waals surface area contributed by atoms with Gasteiger partial charge >= 0.3 is 5.69 Å². The molecule has 4 heteroatoms. The fourth-order valence-corrected chi connectivity index (χ4v) is 1.80. The molecule has 0 aliphatic rings. The highest BCUT2D eigenvalue weighted by molar-refractivity contribution is 5.51. The van der Waals surface area contributed by atoms with Crippen LogP contribution in [0.4, 0.5) is 0 Å². The summed E-state index contributed by atoms with van der Waals surface area (Å²) < 4.78 is 2.61. The van der Waals surface area contributed by atoms with E-state index < -0.39 is 5.69 Å². The average Bonchev–Trinajstić information content (AvgIpc) is 2.30. The summed E-state index contributed by atoms with van der Waals surface area (Å²) in [6.45, 7) is 21.3. The van der Waals surface area contributed by atoms with Crippen LogP contribution in [0.5, 0.6) is 0 Å². The molecule has 0 spiro atoms. The Kier molecular flexibility index (Phi) is 4.24. The minimum atomic E-state index is -0.412. The van der Waals surface area contributed by atoms with Crippen LogP contribution in [-0.4, -0.2) is 9.13 Å². The predicted molar refractivity (Wildman–Crippen MR) is 89.3 cm³/mol. The molecular formula is C17H26N2O2. The quantitative estimate of drug-likeness (QED) is 0.838. The summed E-state index contributed by atoms with van der Waals surface area (Å²) in [6, 6.07) is 0. The summed E-state index contributed by atoms with van der Waals surface area (Å²) in [7, 11) is 0. The first kappa shape index (κ1) is 17.2. The number of hydrogen-bond donors (Lipinski definition) is 0. The lowest BCUT2D eigenvalue weighted by Crippen LogP contribution is -2.42. The van der Waals surface area contributed by atoms with Gasteiger partial charge in [0.2, 0.25) is 0 Å². The van der Waals surface area contributed by atoms with Crippen molar-refractivity contribution in [3.8, 4) is 0 Å². The van der Waals surface area contributed by atoms with Crippen LogP contribution in [0.3, 0.4) is 0 Å². The van der Waals surface area contributed by atoms with Crippen molar-refractivity contribution in [2.24, 2.45) is 10.8 Å². The Morgan fingerprint density at radius 3 is 1.76 bits per heavy atom. The largest absolute Gasteiger partial charge is 0.339 e. The lowest BCUT2D eigenvalue weighted by atomic mass is 9.92. The molecule has 1 aromatic rings. The number of aryl methyl sites for hydroxylation is 1. The highest BCUT2D eigenvalue weighted by Crippen LogP contribution is 2.28. The highest BCUT2D eigenvalue weighted by Gasteiger charge is 2.24. The van der Waals surface area contributed by atoms with E-state index in [2.05, 4.69) is 13.2 Å². The first-order chi connectivity index (χ1) is 9.28. The number of hydrogen-bond acceptors (Lipinski definition) is 2. The van der Waals surface area contributed by atoms with Gasteiger partial charge in [-0.2, -0.15) is 0 Å². The van der Waals surface area contributed by atoms with E-state index in [1.807, 2.05) is 41.5 Å². The van der Waals surface area contributed by atoms with Crippen molar-refractivity contribution in [1.82, 2.24) is 9.13 Å². The molecule has 1 heterocycles. The van der Waals surface area contributed by atoms with Crippen LogP contribution in [0, 0.1) is 17.8 Å². The van der Waals surface area contributed by atoms with Crippen molar-refractivity contribution in [2.75, 3.05) is 0 Å². The standard InChI is InChI=1S/C17H26N2O2/c1-11-10-18(12(2)16(4,5)6)15(21)19(14(11)20)13(3)17(7,8)9/h10H,2-3H2,1,4-9H3. The molecule has 0 bridgehead atoms. The SMILES string of the molecule is C=C(n1cc(C)c(=O)n(C(=C)C(C)(C)C)c1=O)C(C)(C)C. The van der Waals surface area contributed by atoms with E-state index in [-0.39, 0.29) is 16.4 Å². The van der Waals surface area contributed by atoms with Gasteiger partial charge in [-0.1, -0.05) is 54.7 Å². The fraction of sp³-hybridized carbons (Fsp3) is 0.529. The van der Waals surface area contributed by atoms with Crippen molar-refractivity contribution < 1.29 is 0 Å². The third-order valence-electron chi connectivity index (χ3n) is 3.55. The number of aromatic nitrogens is 2. The van der Waals surface area contributed by atoms with Gasteiger partial charge in [-0.3, -0.25) is 9.36 Å². The highest BCUT2D eigenvalue weighted by atomic mass is 16.2. The molecule has 0 aliphatic heterocycles. The normalized spacial score (nSPS) is 12.3. The van der Waals surface area contributed by atoms with E-state index >= 15 is 0 Å². The van der Waals surface area contributed by atoms with E-state index in [1.165, 1.54) is 4.57 Å². The Bertz CT molecular complexity index is 704. The van der Waals surface area contributed by atoms with Crippen molar-refractivity contribution in [3.63, 3.8) is 0 Å². The summed E-state index contributed by atoms with van der Waals surface area (Å²) in [4.78, 5) is 25.1.